The van der Waals surface area contributed by atoms with Crippen molar-refractivity contribution in [1.82, 2.24) is 14.9 Å². The van der Waals surface area contributed by atoms with Crippen molar-refractivity contribution in [3.8, 4) is 6.01 Å². The number of aromatic nitrogens is 2. The summed E-state index contributed by atoms with van der Waals surface area (Å²) in [6.45, 7) is 20.1. The Labute approximate surface area is 278 Å². The lowest BCUT2D eigenvalue weighted by Crippen LogP contribution is -2.56. The van der Waals surface area contributed by atoms with Gasteiger partial charge in [-0.2, -0.15) is 9.97 Å². The zero-order valence-corrected chi connectivity index (χ0v) is 27.8. The summed E-state index contributed by atoms with van der Waals surface area (Å²) in [5.41, 5.74) is 5.20. The van der Waals surface area contributed by atoms with E-state index >= 15 is 0 Å². The molecule has 2 aliphatic carbocycles. The molecule has 1 spiro atoms. The molecule has 0 unspecified atom stereocenters. The summed E-state index contributed by atoms with van der Waals surface area (Å²) in [5, 5.41) is 2.51. The molecule has 2 aliphatic heterocycles. The van der Waals surface area contributed by atoms with Gasteiger partial charge in [-0.15, -0.1) is 0 Å². The van der Waals surface area contributed by atoms with Gasteiger partial charge in [-0.25, -0.2) is 6.57 Å². The highest BCUT2D eigenvalue weighted by molar-refractivity contribution is 5.97. The number of piperazine rings is 1. The van der Waals surface area contributed by atoms with E-state index in [0.29, 0.717) is 50.1 Å². The molecule has 2 atom stereocenters. The number of hydrogen-bond donors (Lipinski definition) is 0. The minimum Gasteiger partial charge on any atom is -0.458 e. The minimum absolute atomic E-state index is 0.133. The molecular weight excluding hydrogens is 588 g/mol. The van der Waals surface area contributed by atoms with Gasteiger partial charge in [-0.3, -0.25) is 4.79 Å². The Balaban J connectivity index is 1.13. The van der Waals surface area contributed by atoms with Crippen molar-refractivity contribution >= 4 is 28.2 Å². The van der Waals surface area contributed by atoms with E-state index in [1.165, 1.54) is 60.2 Å². The third-order valence-electron chi connectivity index (χ3n) is 10.9. The van der Waals surface area contributed by atoms with Crippen LogP contribution in [0.1, 0.15) is 55.8 Å². The molecule has 9 nitrogen and oxygen atoms in total. The molecule has 3 heterocycles. The molecule has 2 saturated carbocycles. The quantitative estimate of drug-likeness (QED) is 0.200. The van der Waals surface area contributed by atoms with E-state index in [1.807, 2.05) is 6.92 Å². The van der Waals surface area contributed by atoms with Gasteiger partial charge >= 0.3 is 6.01 Å². The van der Waals surface area contributed by atoms with E-state index in [2.05, 4.69) is 64.5 Å². The molecule has 2 aromatic carbocycles. The number of hydrogen-bond acceptors (Lipinski definition) is 7. The van der Waals surface area contributed by atoms with Crippen LogP contribution in [-0.4, -0.2) is 78.9 Å². The Kier molecular flexibility index (Phi) is 8.80. The molecule has 0 N–H and O–H groups in total. The number of carbonyl (C=O) groups is 1. The maximum Gasteiger partial charge on any atom is 0.319 e. The molecule has 3 aromatic rings. The van der Waals surface area contributed by atoms with E-state index in [-0.39, 0.29) is 24.6 Å². The van der Waals surface area contributed by atoms with Crippen LogP contribution in [0.5, 0.6) is 6.01 Å². The normalized spacial score (nSPS) is 21.0. The Hall–Kier alpha value is -4.16. The van der Waals surface area contributed by atoms with E-state index in [1.54, 1.807) is 4.90 Å². The molecule has 7 rings (SSSR count). The van der Waals surface area contributed by atoms with Gasteiger partial charge in [-0.05, 0) is 80.4 Å². The van der Waals surface area contributed by atoms with Gasteiger partial charge in [-0.1, -0.05) is 43.3 Å². The summed E-state index contributed by atoms with van der Waals surface area (Å²) < 4.78 is 12.5. The Morgan fingerprint density at radius 1 is 1.15 bits per heavy atom. The van der Waals surface area contributed by atoms with Crippen LogP contribution in [-0.2, 0) is 22.5 Å². The van der Waals surface area contributed by atoms with Crippen molar-refractivity contribution in [3.05, 3.63) is 77.3 Å². The monoisotopic (exact) mass is 634 g/mol. The van der Waals surface area contributed by atoms with Gasteiger partial charge in [0.2, 0.25) is 12.5 Å². The number of carbonyl (C=O) groups excluding carboxylic acids is 1. The number of fused-ring (bicyclic) bond motifs is 2. The molecule has 0 radical (unpaired) electrons. The first-order chi connectivity index (χ1) is 22.9. The van der Waals surface area contributed by atoms with Crippen molar-refractivity contribution in [2.24, 2.45) is 11.3 Å². The number of rotatable bonds is 10. The lowest BCUT2D eigenvalue weighted by Gasteiger charge is -2.54. The second-order valence-corrected chi connectivity index (χ2v) is 14.1. The third kappa shape index (κ3) is 6.28. The van der Waals surface area contributed by atoms with Crippen molar-refractivity contribution in [1.29, 1.82) is 0 Å². The summed E-state index contributed by atoms with van der Waals surface area (Å²) in [7, 11) is 0. The van der Waals surface area contributed by atoms with Crippen LogP contribution in [0.25, 0.3) is 15.6 Å². The lowest BCUT2D eigenvalue weighted by molar-refractivity contribution is -0.128. The average Bonchev–Trinajstić information content (AvgIpc) is 3.04. The zero-order valence-electron chi connectivity index (χ0n) is 27.8. The average molecular weight is 635 g/mol. The third-order valence-corrected chi connectivity index (χ3v) is 10.9. The molecule has 47 heavy (non-hydrogen) atoms. The van der Waals surface area contributed by atoms with Gasteiger partial charge in [0, 0.05) is 49.4 Å². The first-order valence-corrected chi connectivity index (χ1v) is 17.2. The fourth-order valence-corrected chi connectivity index (χ4v) is 8.38. The first kappa shape index (κ1) is 31.4. The summed E-state index contributed by atoms with van der Waals surface area (Å²) in [5.74, 6) is 1.40. The minimum atomic E-state index is -0.238. The SMILES string of the molecule is [C-]#[N+]C[C@H]1CN(c2nc(O[C@@H](C)COCC3CC4(CCC4)C3)nc3c2CCN(c2cccc4cccc(C)c24)C3)CCN1C(=O)C=C. The topological polar surface area (TPSA) is 75.4 Å². The standard InChI is InChI=1S/C38H46N6O3/c1-5-34(45)44-18-17-43(22-30(44)21-39-4)36-31-13-16-42(33-12-7-11-29-10-6-9-26(2)35(29)33)23-32(31)40-37(41-36)47-27(3)24-46-25-28-19-38(20-28)14-8-15-38/h5-7,9-12,27-28,30H,1,8,13-25H2,2-3H3/t27-,30-/m0/s1. The second kappa shape index (κ2) is 13.2. The molecule has 1 aromatic heterocycles. The first-order valence-electron chi connectivity index (χ1n) is 17.2. The molecule has 246 valence electrons. The fourth-order valence-electron chi connectivity index (χ4n) is 8.38. The Morgan fingerprint density at radius 3 is 2.70 bits per heavy atom. The van der Waals surface area contributed by atoms with Gasteiger partial charge < -0.3 is 29.0 Å². The summed E-state index contributed by atoms with van der Waals surface area (Å²) in [4.78, 5) is 32.7. The fraction of sp³-hybridized carbons (Fsp3) is 0.526. The summed E-state index contributed by atoms with van der Waals surface area (Å²) in [6.07, 6.45) is 8.74. The summed E-state index contributed by atoms with van der Waals surface area (Å²) in [6, 6.07) is 13.1. The number of amides is 1. The predicted molar refractivity (Wildman–Crippen MR) is 185 cm³/mol. The smallest absolute Gasteiger partial charge is 0.319 e. The number of benzene rings is 2. The van der Waals surface area contributed by atoms with Crippen LogP contribution < -0.4 is 14.5 Å². The molecular formula is C38H46N6O3. The lowest BCUT2D eigenvalue weighted by atomic mass is 9.52. The molecule has 3 fully saturated rings. The van der Waals surface area contributed by atoms with Crippen LogP contribution in [0.3, 0.4) is 0 Å². The van der Waals surface area contributed by atoms with Crippen LogP contribution in [0.4, 0.5) is 11.5 Å². The molecule has 9 heteroatoms. The predicted octanol–water partition coefficient (Wildman–Crippen LogP) is 5.99. The van der Waals surface area contributed by atoms with Crippen molar-refractivity contribution in [3.63, 3.8) is 0 Å². The van der Waals surface area contributed by atoms with E-state index in [4.69, 9.17) is 26.0 Å². The van der Waals surface area contributed by atoms with E-state index in [0.717, 1.165) is 36.6 Å². The largest absolute Gasteiger partial charge is 0.458 e. The van der Waals surface area contributed by atoms with Gasteiger partial charge in [0.1, 0.15) is 18.0 Å². The highest BCUT2D eigenvalue weighted by atomic mass is 16.5. The van der Waals surface area contributed by atoms with Gasteiger partial charge in [0.05, 0.1) is 18.8 Å². The van der Waals surface area contributed by atoms with E-state index in [9.17, 15) is 4.79 Å². The van der Waals surface area contributed by atoms with Crippen LogP contribution in [0.2, 0.25) is 0 Å². The second-order valence-electron chi connectivity index (χ2n) is 14.1. The highest BCUT2D eigenvalue weighted by Crippen LogP contribution is 2.58. The van der Waals surface area contributed by atoms with Crippen LogP contribution in [0, 0.1) is 24.8 Å². The maximum absolute atomic E-state index is 12.6. The van der Waals surface area contributed by atoms with E-state index < -0.39 is 0 Å². The maximum atomic E-state index is 12.6. The number of aryl methyl sites for hydroxylation is 1. The van der Waals surface area contributed by atoms with Crippen LogP contribution in [0.15, 0.2) is 49.1 Å². The molecule has 1 saturated heterocycles. The number of anilines is 2. The highest BCUT2D eigenvalue weighted by Gasteiger charge is 2.47. The number of nitrogens with zero attached hydrogens (tertiary/aromatic N) is 6. The Morgan fingerprint density at radius 2 is 1.96 bits per heavy atom. The number of ether oxygens (including phenoxy) is 2. The van der Waals surface area contributed by atoms with Crippen molar-refractivity contribution in [2.45, 2.75) is 71.1 Å². The van der Waals surface area contributed by atoms with Crippen molar-refractivity contribution < 1.29 is 14.3 Å². The summed E-state index contributed by atoms with van der Waals surface area (Å²) >= 11 is 0. The molecule has 4 aliphatic rings. The Bertz CT molecular complexity index is 1680. The van der Waals surface area contributed by atoms with Gasteiger partial charge in [0.25, 0.3) is 0 Å². The molecule has 1 amide bonds. The van der Waals surface area contributed by atoms with Crippen LogP contribution >= 0.6 is 0 Å². The van der Waals surface area contributed by atoms with Crippen molar-refractivity contribution in [2.75, 3.05) is 55.7 Å². The van der Waals surface area contributed by atoms with Gasteiger partial charge in [0.15, 0.2) is 0 Å². The molecule has 0 bridgehead atoms. The zero-order chi connectivity index (χ0) is 32.5.